The third-order valence-electron chi connectivity index (χ3n) is 3.05. The molecule has 0 unspecified atom stereocenters. The maximum atomic E-state index is 11.9. The Hall–Kier alpha value is -1.36. The summed E-state index contributed by atoms with van der Waals surface area (Å²) in [7, 11) is 0. The zero-order valence-electron chi connectivity index (χ0n) is 8.75. The summed E-state index contributed by atoms with van der Waals surface area (Å²) in [5.41, 5.74) is 6.00. The lowest BCUT2D eigenvalue weighted by molar-refractivity contribution is -0.129. The van der Waals surface area contributed by atoms with E-state index in [1.54, 1.807) is 13.0 Å². The quantitative estimate of drug-likeness (QED) is 0.779. The van der Waals surface area contributed by atoms with Crippen LogP contribution in [0.15, 0.2) is 10.6 Å². The Kier molecular flexibility index (Phi) is 2.48. The number of rotatable bonds is 3. The van der Waals surface area contributed by atoms with Gasteiger partial charge >= 0.3 is 0 Å². The molecule has 0 spiro atoms. The fourth-order valence-corrected chi connectivity index (χ4v) is 1.79. The number of carbonyl (C=O) groups excluding carboxylic acids is 1. The number of nitrogens with one attached hydrogen (secondary N) is 1. The van der Waals surface area contributed by atoms with E-state index in [0.29, 0.717) is 12.4 Å². The lowest BCUT2D eigenvalue weighted by atomic mass is 9.68. The lowest BCUT2D eigenvalue weighted by Gasteiger charge is -2.38. The van der Waals surface area contributed by atoms with Gasteiger partial charge in [-0.05, 0) is 19.8 Å². The van der Waals surface area contributed by atoms with Gasteiger partial charge in [0, 0.05) is 12.6 Å². The van der Waals surface area contributed by atoms with E-state index in [1.807, 2.05) is 0 Å². The van der Waals surface area contributed by atoms with Gasteiger partial charge in [-0.2, -0.15) is 0 Å². The molecule has 82 valence electrons. The minimum Gasteiger partial charge on any atom is -0.338 e. The van der Waals surface area contributed by atoms with Gasteiger partial charge in [0.05, 0.1) is 11.1 Å². The highest BCUT2D eigenvalue weighted by Crippen LogP contribution is 2.40. The van der Waals surface area contributed by atoms with Crippen molar-refractivity contribution in [2.24, 2.45) is 11.1 Å². The molecule has 1 aliphatic carbocycles. The van der Waals surface area contributed by atoms with E-state index in [0.717, 1.165) is 25.0 Å². The topological polar surface area (TPSA) is 81.2 Å². The zero-order valence-corrected chi connectivity index (χ0v) is 8.75. The molecule has 5 nitrogen and oxygen atoms in total. The standard InChI is InChI=1S/C10H15N3O2/c1-7-5-8(15-13-7)12-9(14)10(6-11)3-2-4-10/h5H,2-4,6,11H2,1H3,(H,12,14). The average molecular weight is 209 g/mol. The number of amides is 1. The number of carbonyl (C=O) groups is 1. The van der Waals surface area contributed by atoms with Crippen molar-refractivity contribution in [2.45, 2.75) is 26.2 Å². The maximum absolute atomic E-state index is 11.9. The van der Waals surface area contributed by atoms with Crippen LogP contribution in [0.1, 0.15) is 25.0 Å². The van der Waals surface area contributed by atoms with Gasteiger partial charge in [-0.3, -0.25) is 10.1 Å². The number of hydrogen-bond donors (Lipinski definition) is 2. The molecule has 1 saturated carbocycles. The molecule has 15 heavy (non-hydrogen) atoms. The van der Waals surface area contributed by atoms with Crippen molar-refractivity contribution >= 4 is 11.8 Å². The first-order chi connectivity index (χ1) is 7.16. The molecular weight excluding hydrogens is 194 g/mol. The molecule has 3 N–H and O–H groups in total. The lowest BCUT2D eigenvalue weighted by Crippen LogP contribution is -2.47. The monoisotopic (exact) mass is 209 g/mol. The Morgan fingerprint density at radius 3 is 2.87 bits per heavy atom. The third-order valence-corrected chi connectivity index (χ3v) is 3.05. The molecular formula is C10H15N3O2. The SMILES string of the molecule is Cc1cc(NC(=O)C2(CN)CCC2)on1. The highest BCUT2D eigenvalue weighted by Gasteiger charge is 2.43. The first kappa shape index (κ1) is 10.2. The molecule has 0 atom stereocenters. The summed E-state index contributed by atoms with van der Waals surface area (Å²) in [6.45, 7) is 2.20. The first-order valence-corrected chi connectivity index (χ1v) is 5.11. The summed E-state index contributed by atoms with van der Waals surface area (Å²) >= 11 is 0. The van der Waals surface area contributed by atoms with Crippen LogP contribution in [-0.4, -0.2) is 17.6 Å². The molecule has 0 bridgehead atoms. The van der Waals surface area contributed by atoms with Crippen LogP contribution < -0.4 is 11.1 Å². The van der Waals surface area contributed by atoms with E-state index in [-0.39, 0.29) is 11.3 Å². The highest BCUT2D eigenvalue weighted by molar-refractivity contribution is 5.95. The summed E-state index contributed by atoms with van der Waals surface area (Å²) in [6.07, 6.45) is 2.80. The Morgan fingerprint density at radius 1 is 1.73 bits per heavy atom. The predicted molar refractivity (Wildman–Crippen MR) is 55.2 cm³/mol. The molecule has 0 saturated heterocycles. The molecule has 0 radical (unpaired) electrons. The maximum Gasteiger partial charge on any atom is 0.234 e. The van der Waals surface area contributed by atoms with Crippen LogP contribution in [0, 0.1) is 12.3 Å². The van der Waals surface area contributed by atoms with Gasteiger partial charge in [-0.25, -0.2) is 0 Å². The van der Waals surface area contributed by atoms with E-state index in [9.17, 15) is 4.79 Å². The van der Waals surface area contributed by atoms with Gasteiger partial charge in [-0.1, -0.05) is 11.6 Å². The Balaban J connectivity index is 2.03. The Labute approximate surface area is 88.0 Å². The zero-order chi connectivity index (χ0) is 10.9. The van der Waals surface area contributed by atoms with Crippen LogP contribution in [-0.2, 0) is 4.79 Å². The van der Waals surface area contributed by atoms with E-state index in [4.69, 9.17) is 10.3 Å². The summed E-state index contributed by atoms with van der Waals surface area (Å²) in [6, 6.07) is 1.70. The second-order valence-corrected chi connectivity index (χ2v) is 4.12. The molecule has 1 amide bonds. The van der Waals surface area contributed by atoms with Crippen molar-refractivity contribution < 1.29 is 9.32 Å². The number of aryl methyl sites for hydroxylation is 1. The smallest absolute Gasteiger partial charge is 0.234 e. The van der Waals surface area contributed by atoms with Crippen LogP contribution >= 0.6 is 0 Å². The predicted octanol–water partition coefficient (Wildman–Crippen LogP) is 1.05. The second kappa shape index (κ2) is 3.66. The fourth-order valence-electron chi connectivity index (χ4n) is 1.79. The number of aromatic nitrogens is 1. The van der Waals surface area contributed by atoms with E-state index < -0.39 is 0 Å². The Morgan fingerprint density at radius 2 is 2.47 bits per heavy atom. The van der Waals surface area contributed by atoms with Crippen molar-refractivity contribution in [3.63, 3.8) is 0 Å². The second-order valence-electron chi connectivity index (χ2n) is 4.12. The number of anilines is 1. The number of nitrogens with zero attached hydrogens (tertiary/aromatic N) is 1. The van der Waals surface area contributed by atoms with Gasteiger partial charge in [0.2, 0.25) is 11.8 Å². The third kappa shape index (κ3) is 1.74. The molecule has 1 aromatic heterocycles. The fraction of sp³-hybridized carbons (Fsp3) is 0.600. The van der Waals surface area contributed by atoms with Crippen molar-refractivity contribution in [3.05, 3.63) is 11.8 Å². The van der Waals surface area contributed by atoms with Crippen LogP contribution in [0.25, 0.3) is 0 Å². The summed E-state index contributed by atoms with van der Waals surface area (Å²) < 4.78 is 4.92. The van der Waals surface area contributed by atoms with Crippen LogP contribution in [0.5, 0.6) is 0 Å². The number of nitrogens with two attached hydrogens (primary N) is 1. The van der Waals surface area contributed by atoms with Crippen molar-refractivity contribution in [1.29, 1.82) is 0 Å². The molecule has 1 aromatic rings. The average Bonchev–Trinajstić information content (AvgIpc) is 2.50. The van der Waals surface area contributed by atoms with E-state index >= 15 is 0 Å². The molecule has 1 fully saturated rings. The largest absolute Gasteiger partial charge is 0.338 e. The van der Waals surface area contributed by atoms with Crippen molar-refractivity contribution in [1.82, 2.24) is 5.16 Å². The molecule has 5 heteroatoms. The molecule has 0 aromatic carbocycles. The summed E-state index contributed by atoms with van der Waals surface area (Å²) in [4.78, 5) is 11.9. The number of hydrogen-bond acceptors (Lipinski definition) is 4. The van der Waals surface area contributed by atoms with Gasteiger partial charge in [0.25, 0.3) is 0 Å². The van der Waals surface area contributed by atoms with E-state index in [2.05, 4.69) is 10.5 Å². The molecule has 1 heterocycles. The van der Waals surface area contributed by atoms with Gasteiger partial charge in [0.15, 0.2) is 0 Å². The minimum atomic E-state index is -0.374. The highest BCUT2D eigenvalue weighted by atomic mass is 16.5. The summed E-state index contributed by atoms with van der Waals surface area (Å²) in [5.74, 6) is 0.352. The normalized spacial score (nSPS) is 18.3. The minimum absolute atomic E-state index is 0.0487. The molecule has 2 rings (SSSR count). The first-order valence-electron chi connectivity index (χ1n) is 5.11. The van der Waals surface area contributed by atoms with Crippen molar-refractivity contribution in [2.75, 3.05) is 11.9 Å². The van der Waals surface area contributed by atoms with E-state index in [1.165, 1.54) is 0 Å². The molecule has 0 aliphatic heterocycles. The van der Waals surface area contributed by atoms with Gasteiger partial charge in [-0.15, -0.1) is 0 Å². The van der Waals surface area contributed by atoms with Crippen LogP contribution in [0.3, 0.4) is 0 Å². The van der Waals surface area contributed by atoms with Crippen LogP contribution in [0.2, 0.25) is 0 Å². The summed E-state index contributed by atoms with van der Waals surface area (Å²) in [5, 5.41) is 6.41. The van der Waals surface area contributed by atoms with Crippen molar-refractivity contribution in [3.8, 4) is 0 Å². The van der Waals surface area contributed by atoms with Gasteiger partial charge < -0.3 is 10.3 Å². The molecule has 1 aliphatic rings. The Bertz CT molecular complexity index is 363. The van der Waals surface area contributed by atoms with Crippen LogP contribution in [0.4, 0.5) is 5.88 Å². The van der Waals surface area contributed by atoms with Gasteiger partial charge in [0.1, 0.15) is 0 Å².